The first-order valence-electron chi connectivity index (χ1n) is 15.9. The average Bonchev–Trinajstić information content (AvgIpc) is 3.59. The third kappa shape index (κ3) is 6.53. The smallest absolute Gasteiger partial charge is 0.407 e. The van der Waals surface area contributed by atoms with Gasteiger partial charge in [0.05, 0.1) is 19.8 Å². The first-order valence-corrected chi connectivity index (χ1v) is 15.9. The second kappa shape index (κ2) is 13.2. The van der Waals surface area contributed by atoms with Gasteiger partial charge < -0.3 is 24.8 Å². The van der Waals surface area contributed by atoms with E-state index in [1.54, 1.807) is 6.92 Å². The quantitative estimate of drug-likeness (QED) is 0.127. The molecule has 0 radical (unpaired) electrons. The molecular weight excluding hydrogens is 532 g/mol. The maximum Gasteiger partial charge on any atom is 0.407 e. The molecule has 0 aromatic carbocycles. The molecule has 0 heterocycles. The molecule has 2 saturated carbocycles. The molecule has 0 spiro atoms. The zero-order valence-electron chi connectivity index (χ0n) is 26.3. The lowest BCUT2D eigenvalue weighted by Crippen LogP contribution is -2.42. The summed E-state index contributed by atoms with van der Waals surface area (Å²) in [6.07, 6.45) is 8.30. The zero-order valence-corrected chi connectivity index (χ0v) is 26.3. The largest absolute Gasteiger partial charge is 0.464 e. The Hall–Kier alpha value is -2.87. The van der Waals surface area contributed by atoms with Crippen LogP contribution in [0, 0.1) is 57.2 Å². The van der Waals surface area contributed by atoms with Gasteiger partial charge in [-0.1, -0.05) is 27.7 Å². The van der Waals surface area contributed by atoms with Gasteiger partial charge in [-0.3, -0.25) is 0 Å². The van der Waals surface area contributed by atoms with Crippen LogP contribution < -0.4 is 10.6 Å². The Morgan fingerprint density at radius 3 is 1.62 bits per heavy atom. The minimum Gasteiger partial charge on any atom is -0.464 e. The number of rotatable bonds is 12. The summed E-state index contributed by atoms with van der Waals surface area (Å²) in [5, 5.41) is 5.54. The number of hydrogen-bond acceptors (Lipinski definition) is 6. The topological polar surface area (TPSA) is 103 Å². The van der Waals surface area contributed by atoms with Crippen molar-refractivity contribution in [1.82, 2.24) is 10.6 Å². The van der Waals surface area contributed by atoms with Crippen LogP contribution in [-0.4, -0.2) is 50.6 Å². The fourth-order valence-electron chi connectivity index (χ4n) is 8.07. The van der Waals surface area contributed by atoms with Crippen LogP contribution in [0.4, 0.5) is 9.59 Å². The molecular formula is C34H50N2O6. The Kier molecular flexibility index (Phi) is 10.1. The minimum atomic E-state index is -0.798. The molecule has 8 nitrogen and oxygen atoms in total. The van der Waals surface area contributed by atoms with Crippen molar-refractivity contribution in [2.45, 2.75) is 111 Å². The normalized spacial score (nSPS) is 34.8. The van der Waals surface area contributed by atoms with Gasteiger partial charge in [0.25, 0.3) is 0 Å². The number of unbranched alkanes of at least 4 members (excludes halogenated alkanes) is 1. The van der Waals surface area contributed by atoms with E-state index in [-0.39, 0.29) is 34.2 Å². The van der Waals surface area contributed by atoms with Crippen molar-refractivity contribution in [3.05, 3.63) is 0 Å². The average molecular weight is 583 g/mol. The Balaban J connectivity index is 1.14. The zero-order chi connectivity index (χ0) is 30.4. The third-order valence-electron chi connectivity index (χ3n) is 11.7. The molecule has 0 aromatic rings. The number of fused-ring (bicyclic) bond motifs is 2. The van der Waals surface area contributed by atoms with Crippen LogP contribution >= 0.6 is 0 Å². The molecule has 0 bridgehead atoms. The van der Waals surface area contributed by atoms with Crippen LogP contribution in [-0.2, 0) is 19.0 Å². The predicted octanol–water partition coefficient (Wildman–Crippen LogP) is 5.98. The van der Waals surface area contributed by atoms with Gasteiger partial charge in [-0.15, -0.1) is 23.7 Å². The van der Waals surface area contributed by atoms with Gasteiger partial charge in [0.2, 0.25) is 0 Å². The van der Waals surface area contributed by atoms with E-state index in [9.17, 15) is 14.4 Å². The van der Waals surface area contributed by atoms with E-state index >= 15 is 0 Å². The maximum absolute atomic E-state index is 12.7. The molecule has 7 atom stereocenters. The SMILES string of the molecule is CCOC(=O)[C@@H](CCCCNC(=O)OCC1[C@]2(C)CCC#CCC[C@]12C)NC(=O)OCC1[C@]2(C)CCC#CCC[C@]12C. The Bertz CT molecular complexity index is 1100. The molecule has 4 aliphatic carbocycles. The molecule has 0 saturated heterocycles. The highest BCUT2D eigenvalue weighted by atomic mass is 16.6. The molecule has 0 aliphatic heterocycles. The van der Waals surface area contributed by atoms with Gasteiger partial charge in [0.15, 0.2) is 0 Å². The lowest BCUT2D eigenvalue weighted by Gasteiger charge is -2.17. The van der Waals surface area contributed by atoms with E-state index in [0.29, 0.717) is 44.9 Å². The third-order valence-corrected chi connectivity index (χ3v) is 11.7. The summed E-state index contributed by atoms with van der Waals surface area (Å²) in [7, 11) is 0. The second-order valence-corrected chi connectivity index (χ2v) is 13.6. The predicted molar refractivity (Wildman–Crippen MR) is 160 cm³/mol. The number of hydrogen-bond donors (Lipinski definition) is 2. The van der Waals surface area contributed by atoms with E-state index in [0.717, 1.165) is 51.4 Å². The summed E-state index contributed by atoms with van der Waals surface area (Å²) < 4.78 is 16.4. The van der Waals surface area contributed by atoms with Crippen molar-refractivity contribution < 1.29 is 28.6 Å². The molecule has 2 fully saturated rings. The van der Waals surface area contributed by atoms with Gasteiger partial charge in [0, 0.05) is 44.1 Å². The van der Waals surface area contributed by atoms with Crippen LogP contribution in [0.25, 0.3) is 0 Å². The highest BCUT2D eigenvalue weighted by Crippen LogP contribution is 2.74. The molecule has 2 unspecified atom stereocenters. The standard InChI is InChI=1S/C34H50N2O6/c1-6-40-28(37)25(36-30(39)42-24-27-33(4)20-14-9-10-15-21-34(27,33)5)17-11-16-22-35-29(38)41-23-26-31(2)18-12-7-8-13-19-32(26,31)3/h25-27H,6,11-24H2,1-5H3,(H,35,38)(H,36,39)/t25-,26?,27?,31-,32+,33-,34+/m1/s1. The van der Waals surface area contributed by atoms with Crippen LogP contribution in [0.3, 0.4) is 0 Å². The summed E-state index contributed by atoms with van der Waals surface area (Å²) in [4.78, 5) is 37.6. The highest BCUT2D eigenvalue weighted by Gasteiger charge is 2.70. The lowest BCUT2D eigenvalue weighted by atomic mass is 9.87. The van der Waals surface area contributed by atoms with Gasteiger partial charge in [-0.2, -0.15) is 0 Å². The summed E-state index contributed by atoms with van der Waals surface area (Å²) in [6, 6.07) is -0.798. The summed E-state index contributed by atoms with van der Waals surface area (Å²) >= 11 is 0. The molecule has 0 aromatic heterocycles. The van der Waals surface area contributed by atoms with Crippen LogP contribution in [0.2, 0.25) is 0 Å². The van der Waals surface area contributed by atoms with E-state index in [1.165, 1.54) is 0 Å². The molecule has 42 heavy (non-hydrogen) atoms. The van der Waals surface area contributed by atoms with Crippen molar-refractivity contribution in [1.29, 1.82) is 0 Å². The minimum absolute atomic E-state index is 0.123. The Morgan fingerprint density at radius 2 is 1.17 bits per heavy atom. The number of ether oxygens (including phenoxy) is 3. The van der Waals surface area contributed by atoms with E-state index in [1.807, 2.05) is 0 Å². The van der Waals surface area contributed by atoms with Gasteiger partial charge in [-0.05, 0) is 73.5 Å². The molecule has 4 aliphatic rings. The summed E-state index contributed by atoms with van der Waals surface area (Å²) in [5.74, 6) is 13.1. The monoisotopic (exact) mass is 582 g/mol. The highest BCUT2D eigenvalue weighted by molar-refractivity contribution is 5.81. The lowest BCUT2D eigenvalue weighted by molar-refractivity contribution is -0.145. The number of amides is 2. The molecule has 4 rings (SSSR count). The Labute approximate surface area is 252 Å². The van der Waals surface area contributed by atoms with Crippen LogP contribution in [0.5, 0.6) is 0 Å². The summed E-state index contributed by atoms with van der Waals surface area (Å²) in [6.45, 7) is 12.3. The van der Waals surface area contributed by atoms with Crippen LogP contribution in [0.15, 0.2) is 0 Å². The van der Waals surface area contributed by atoms with Crippen molar-refractivity contribution in [2.75, 3.05) is 26.4 Å². The van der Waals surface area contributed by atoms with Crippen molar-refractivity contribution >= 4 is 18.2 Å². The number of nitrogens with one attached hydrogen (secondary N) is 2. The van der Waals surface area contributed by atoms with Gasteiger partial charge >= 0.3 is 18.2 Å². The summed E-state index contributed by atoms with van der Waals surface area (Å²) in [5.41, 5.74) is 0.605. The van der Waals surface area contributed by atoms with E-state index < -0.39 is 24.2 Å². The van der Waals surface area contributed by atoms with Crippen molar-refractivity contribution in [3.63, 3.8) is 0 Å². The van der Waals surface area contributed by atoms with Crippen LogP contribution in [0.1, 0.15) is 105 Å². The van der Waals surface area contributed by atoms with Gasteiger partial charge in [0.1, 0.15) is 6.04 Å². The second-order valence-electron chi connectivity index (χ2n) is 13.6. The first kappa shape index (κ1) is 32.1. The van der Waals surface area contributed by atoms with Gasteiger partial charge in [-0.25, -0.2) is 14.4 Å². The van der Waals surface area contributed by atoms with Crippen molar-refractivity contribution in [2.24, 2.45) is 33.5 Å². The fraction of sp³-hybridized carbons (Fsp3) is 0.794. The van der Waals surface area contributed by atoms with E-state index in [4.69, 9.17) is 14.2 Å². The number of esters is 1. The molecule has 232 valence electrons. The van der Waals surface area contributed by atoms with Crippen molar-refractivity contribution in [3.8, 4) is 23.7 Å². The van der Waals surface area contributed by atoms with E-state index in [2.05, 4.69) is 62.0 Å². The fourth-order valence-corrected chi connectivity index (χ4v) is 8.07. The maximum atomic E-state index is 12.7. The number of carbonyl (C=O) groups excluding carboxylic acids is 3. The molecule has 2 amide bonds. The first-order chi connectivity index (χ1) is 20.0. The molecule has 8 heteroatoms. The number of alkyl carbamates (subject to hydrolysis) is 2. The number of carbonyl (C=O) groups is 3. The Morgan fingerprint density at radius 1 is 0.714 bits per heavy atom. The molecule has 2 N–H and O–H groups in total.